The Morgan fingerprint density at radius 3 is 3.00 bits per heavy atom. The van der Waals surface area contributed by atoms with Gasteiger partial charge in [0.2, 0.25) is 0 Å². The van der Waals surface area contributed by atoms with Crippen molar-refractivity contribution in [3.63, 3.8) is 0 Å². The van der Waals surface area contributed by atoms with Gasteiger partial charge in [-0.15, -0.1) is 0 Å². The highest BCUT2D eigenvalue weighted by Crippen LogP contribution is 2.08. The maximum absolute atomic E-state index is 11.5. The molecule has 0 N–H and O–H groups in total. The average molecular weight is 232 g/mol. The third-order valence-corrected chi connectivity index (χ3v) is 2.36. The lowest BCUT2D eigenvalue weighted by molar-refractivity contribution is -0.146. The van der Waals surface area contributed by atoms with Crippen LogP contribution in [-0.2, 0) is 16.0 Å². The highest BCUT2D eigenvalue weighted by Gasteiger charge is 2.10. The minimum Gasteiger partial charge on any atom is -0.463 e. The minimum absolute atomic E-state index is 0.0817. The van der Waals surface area contributed by atoms with Crippen LogP contribution in [0.4, 0.5) is 0 Å². The minimum atomic E-state index is -0.236. The predicted octanol–water partition coefficient (Wildman–Crippen LogP) is 2.14. The first-order chi connectivity index (χ1) is 8.04. The fourth-order valence-corrected chi connectivity index (χ4v) is 1.67. The highest BCUT2D eigenvalue weighted by atomic mass is 16.5. The van der Waals surface area contributed by atoms with Gasteiger partial charge in [0.1, 0.15) is 5.65 Å². The summed E-state index contributed by atoms with van der Waals surface area (Å²) in [6.45, 7) is 5.69. The molecule has 2 aromatic heterocycles. The predicted molar refractivity (Wildman–Crippen MR) is 64.9 cm³/mol. The molecular weight excluding hydrogens is 216 g/mol. The molecule has 4 heteroatoms. The van der Waals surface area contributed by atoms with Crippen molar-refractivity contribution in [3.05, 3.63) is 35.8 Å². The van der Waals surface area contributed by atoms with Crippen molar-refractivity contribution in [2.24, 2.45) is 0 Å². The molecule has 0 bridgehead atoms. The first-order valence-electron chi connectivity index (χ1n) is 5.68. The zero-order valence-electron chi connectivity index (χ0n) is 10.3. The largest absolute Gasteiger partial charge is 0.463 e. The van der Waals surface area contributed by atoms with E-state index < -0.39 is 0 Å². The van der Waals surface area contributed by atoms with E-state index >= 15 is 0 Å². The van der Waals surface area contributed by atoms with Gasteiger partial charge in [0.15, 0.2) is 0 Å². The molecule has 0 aliphatic heterocycles. The number of imidazole rings is 1. The first-order valence-corrected chi connectivity index (χ1v) is 5.68. The van der Waals surface area contributed by atoms with Gasteiger partial charge in [-0.1, -0.05) is 0 Å². The number of pyridine rings is 1. The van der Waals surface area contributed by atoms with Crippen LogP contribution in [0.15, 0.2) is 24.5 Å². The molecule has 17 heavy (non-hydrogen) atoms. The van der Waals surface area contributed by atoms with Gasteiger partial charge in [-0.3, -0.25) is 4.79 Å². The van der Waals surface area contributed by atoms with Crippen LogP contribution in [0.2, 0.25) is 0 Å². The molecule has 0 fully saturated rings. The molecule has 0 saturated heterocycles. The molecular formula is C13H16N2O2. The zero-order chi connectivity index (χ0) is 12.4. The number of hydrogen-bond donors (Lipinski definition) is 0. The number of aryl methyl sites for hydroxylation is 1. The van der Waals surface area contributed by atoms with E-state index in [0.29, 0.717) is 0 Å². The highest BCUT2D eigenvalue weighted by molar-refractivity contribution is 5.72. The molecule has 2 heterocycles. The van der Waals surface area contributed by atoms with E-state index in [0.717, 1.165) is 16.9 Å². The summed E-state index contributed by atoms with van der Waals surface area (Å²) in [5.41, 5.74) is 2.75. The summed E-state index contributed by atoms with van der Waals surface area (Å²) in [4.78, 5) is 15.9. The van der Waals surface area contributed by atoms with Crippen LogP contribution in [0.3, 0.4) is 0 Å². The van der Waals surface area contributed by atoms with Crippen molar-refractivity contribution in [1.29, 1.82) is 0 Å². The summed E-state index contributed by atoms with van der Waals surface area (Å²) in [5, 5.41) is 0. The molecule has 0 amide bonds. The lowest BCUT2D eigenvalue weighted by Gasteiger charge is -2.05. The Kier molecular flexibility index (Phi) is 3.13. The van der Waals surface area contributed by atoms with Crippen LogP contribution < -0.4 is 0 Å². The molecule has 0 aliphatic rings. The molecule has 0 radical (unpaired) electrons. The first kappa shape index (κ1) is 11.6. The zero-order valence-corrected chi connectivity index (χ0v) is 10.3. The van der Waals surface area contributed by atoms with Crippen LogP contribution in [0, 0.1) is 6.92 Å². The van der Waals surface area contributed by atoms with Gasteiger partial charge in [0, 0.05) is 12.4 Å². The Morgan fingerprint density at radius 2 is 2.29 bits per heavy atom. The SMILES string of the molecule is Cc1ccn2cc(CC(=O)OC(C)C)nc2c1. The van der Waals surface area contributed by atoms with Crippen LogP contribution in [0.25, 0.3) is 5.65 Å². The van der Waals surface area contributed by atoms with Gasteiger partial charge in [-0.2, -0.15) is 0 Å². The van der Waals surface area contributed by atoms with Gasteiger partial charge in [0.25, 0.3) is 0 Å². The number of fused-ring (bicyclic) bond motifs is 1. The van der Waals surface area contributed by atoms with Crippen molar-refractivity contribution >= 4 is 11.6 Å². The lowest BCUT2D eigenvalue weighted by atomic mass is 10.3. The number of esters is 1. The van der Waals surface area contributed by atoms with Crippen molar-refractivity contribution < 1.29 is 9.53 Å². The topological polar surface area (TPSA) is 43.6 Å². The van der Waals surface area contributed by atoms with Crippen molar-refractivity contribution in [1.82, 2.24) is 9.38 Å². The van der Waals surface area contributed by atoms with Crippen LogP contribution >= 0.6 is 0 Å². The molecule has 0 aromatic carbocycles. The van der Waals surface area contributed by atoms with E-state index in [-0.39, 0.29) is 18.5 Å². The van der Waals surface area contributed by atoms with Crippen molar-refractivity contribution in [2.75, 3.05) is 0 Å². The van der Waals surface area contributed by atoms with E-state index in [1.54, 1.807) is 0 Å². The Balaban J connectivity index is 2.17. The standard InChI is InChI=1S/C13H16N2O2/c1-9(2)17-13(16)7-11-8-15-5-4-10(3)6-12(15)14-11/h4-6,8-9H,7H2,1-3H3. The fraction of sp³-hybridized carbons (Fsp3) is 0.385. The number of carbonyl (C=O) groups is 1. The van der Waals surface area contributed by atoms with Gasteiger partial charge >= 0.3 is 5.97 Å². The lowest BCUT2D eigenvalue weighted by Crippen LogP contribution is -2.13. The molecule has 0 aliphatic carbocycles. The van der Waals surface area contributed by atoms with Crippen molar-refractivity contribution in [2.45, 2.75) is 33.3 Å². The van der Waals surface area contributed by atoms with Crippen LogP contribution in [0.1, 0.15) is 25.1 Å². The Bertz CT molecular complexity index is 543. The molecule has 0 saturated carbocycles. The van der Waals surface area contributed by atoms with E-state index in [9.17, 15) is 4.79 Å². The number of carbonyl (C=O) groups excluding carboxylic acids is 1. The van der Waals surface area contributed by atoms with Gasteiger partial charge in [-0.05, 0) is 38.5 Å². The number of hydrogen-bond acceptors (Lipinski definition) is 3. The second-order valence-corrected chi connectivity index (χ2v) is 4.42. The maximum Gasteiger partial charge on any atom is 0.312 e. The second kappa shape index (κ2) is 4.57. The molecule has 0 atom stereocenters. The summed E-state index contributed by atoms with van der Waals surface area (Å²) in [6, 6.07) is 3.99. The van der Waals surface area contributed by atoms with E-state index in [1.165, 1.54) is 0 Å². The second-order valence-electron chi connectivity index (χ2n) is 4.42. The summed E-state index contributed by atoms with van der Waals surface area (Å²) in [7, 11) is 0. The normalized spacial score (nSPS) is 11.1. The Morgan fingerprint density at radius 1 is 1.53 bits per heavy atom. The van der Waals surface area contributed by atoms with Gasteiger partial charge in [0.05, 0.1) is 18.2 Å². The average Bonchev–Trinajstić information content (AvgIpc) is 2.57. The molecule has 0 unspecified atom stereocenters. The summed E-state index contributed by atoms with van der Waals surface area (Å²) in [6.07, 6.45) is 3.94. The van der Waals surface area contributed by atoms with E-state index in [4.69, 9.17) is 4.74 Å². The molecule has 90 valence electrons. The number of rotatable bonds is 3. The fourth-order valence-electron chi connectivity index (χ4n) is 1.67. The summed E-state index contributed by atoms with van der Waals surface area (Å²) < 4.78 is 6.99. The monoisotopic (exact) mass is 232 g/mol. The quantitative estimate of drug-likeness (QED) is 0.761. The van der Waals surface area contributed by atoms with Crippen LogP contribution in [0.5, 0.6) is 0 Å². The maximum atomic E-state index is 11.5. The number of aromatic nitrogens is 2. The smallest absolute Gasteiger partial charge is 0.312 e. The van der Waals surface area contributed by atoms with E-state index in [2.05, 4.69) is 4.98 Å². The third-order valence-electron chi connectivity index (χ3n) is 2.36. The van der Waals surface area contributed by atoms with Gasteiger partial charge < -0.3 is 9.14 Å². The van der Waals surface area contributed by atoms with Crippen molar-refractivity contribution in [3.8, 4) is 0 Å². The summed E-state index contributed by atoms with van der Waals surface area (Å²) >= 11 is 0. The molecule has 2 aromatic rings. The van der Waals surface area contributed by atoms with Gasteiger partial charge in [-0.25, -0.2) is 4.98 Å². The Hall–Kier alpha value is -1.84. The Labute approximate surface area is 100 Å². The third kappa shape index (κ3) is 2.84. The molecule has 4 nitrogen and oxygen atoms in total. The summed E-state index contributed by atoms with van der Waals surface area (Å²) in [5.74, 6) is -0.236. The number of ether oxygens (including phenoxy) is 1. The van der Waals surface area contributed by atoms with E-state index in [1.807, 2.05) is 49.7 Å². The molecule has 2 rings (SSSR count). The van der Waals surface area contributed by atoms with Crippen LogP contribution in [-0.4, -0.2) is 21.5 Å². The molecule has 0 spiro atoms. The number of nitrogens with zero attached hydrogens (tertiary/aromatic N) is 2.